The Balaban J connectivity index is 2.04. The Morgan fingerprint density at radius 3 is 2.22 bits per heavy atom. The maximum Gasteiger partial charge on any atom is 0.269 e. The van der Waals surface area contributed by atoms with Gasteiger partial charge in [0.25, 0.3) is 11.8 Å². The molecule has 7 nitrogen and oxygen atoms in total. The standard InChI is InChI=1S/C22H18Cl3N5O2/c1-22(2,3)21-28-27-20(32-21)17-16(19(26)31)18(11-4-6-12(23)7-5-11)30(29-17)15-9-8-13(24)10-14(15)25/h4-10H,1-3H3,(H2,26,31). The minimum atomic E-state index is -0.711. The second-order valence-electron chi connectivity index (χ2n) is 8.11. The first-order chi connectivity index (χ1) is 15.1. The zero-order valence-electron chi connectivity index (χ0n) is 17.4. The molecule has 1 amide bonds. The van der Waals surface area contributed by atoms with E-state index in [9.17, 15) is 4.79 Å². The fourth-order valence-corrected chi connectivity index (χ4v) is 3.74. The molecule has 2 heterocycles. The average Bonchev–Trinajstić information content (AvgIpc) is 3.33. The van der Waals surface area contributed by atoms with Gasteiger partial charge in [0.2, 0.25) is 5.89 Å². The van der Waals surface area contributed by atoms with Gasteiger partial charge in [-0.3, -0.25) is 4.79 Å². The van der Waals surface area contributed by atoms with Gasteiger partial charge in [-0.1, -0.05) is 67.7 Å². The number of halogens is 3. The first-order valence-corrected chi connectivity index (χ1v) is 10.7. The first kappa shape index (κ1) is 22.3. The highest BCUT2D eigenvalue weighted by molar-refractivity contribution is 6.35. The number of primary amides is 1. The van der Waals surface area contributed by atoms with Crippen molar-refractivity contribution >= 4 is 40.7 Å². The van der Waals surface area contributed by atoms with Crippen LogP contribution in [0.2, 0.25) is 15.1 Å². The van der Waals surface area contributed by atoms with Gasteiger partial charge in [-0.2, -0.15) is 5.10 Å². The zero-order chi connectivity index (χ0) is 23.2. The molecule has 0 spiro atoms. The number of aromatic nitrogens is 4. The zero-order valence-corrected chi connectivity index (χ0v) is 19.6. The minimum absolute atomic E-state index is 0.0720. The van der Waals surface area contributed by atoms with Crippen molar-refractivity contribution in [1.29, 1.82) is 0 Å². The smallest absolute Gasteiger partial charge is 0.269 e. The van der Waals surface area contributed by atoms with Crippen molar-refractivity contribution < 1.29 is 9.21 Å². The van der Waals surface area contributed by atoms with Gasteiger partial charge in [-0.15, -0.1) is 10.2 Å². The molecule has 2 N–H and O–H groups in total. The maximum absolute atomic E-state index is 12.6. The van der Waals surface area contributed by atoms with Crippen LogP contribution in [0.15, 0.2) is 46.9 Å². The molecule has 0 unspecified atom stereocenters. The third-order valence-corrected chi connectivity index (χ3v) is 5.45. The van der Waals surface area contributed by atoms with Gasteiger partial charge in [-0.25, -0.2) is 4.68 Å². The summed E-state index contributed by atoms with van der Waals surface area (Å²) in [5, 5.41) is 14.2. The summed E-state index contributed by atoms with van der Waals surface area (Å²) >= 11 is 18.6. The molecule has 0 aliphatic heterocycles. The maximum atomic E-state index is 12.6. The minimum Gasteiger partial charge on any atom is -0.419 e. The van der Waals surface area contributed by atoms with Gasteiger partial charge < -0.3 is 10.2 Å². The summed E-state index contributed by atoms with van der Waals surface area (Å²) in [6.45, 7) is 5.81. The number of rotatable bonds is 4. The number of nitrogens with two attached hydrogens (primary N) is 1. The molecule has 2 aromatic heterocycles. The lowest BCUT2D eigenvalue weighted by Crippen LogP contribution is -2.13. The van der Waals surface area contributed by atoms with E-state index in [1.807, 2.05) is 20.8 Å². The molecule has 10 heteroatoms. The van der Waals surface area contributed by atoms with Crippen LogP contribution >= 0.6 is 34.8 Å². The summed E-state index contributed by atoms with van der Waals surface area (Å²) in [7, 11) is 0. The second kappa shape index (κ2) is 8.24. The average molecular weight is 491 g/mol. The van der Waals surface area contributed by atoms with Crippen LogP contribution in [-0.4, -0.2) is 25.9 Å². The molecule has 0 saturated carbocycles. The molecule has 0 aliphatic carbocycles. The van der Waals surface area contributed by atoms with E-state index in [1.54, 1.807) is 42.5 Å². The molecule has 0 atom stereocenters. The van der Waals surface area contributed by atoms with Crippen molar-refractivity contribution in [3.05, 3.63) is 69.0 Å². The lowest BCUT2D eigenvalue weighted by Gasteiger charge is -2.11. The topological polar surface area (TPSA) is 99.8 Å². The Morgan fingerprint density at radius 2 is 1.66 bits per heavy atom. The number of carbonyl (C=O) groups is 1. The quantitative estimate of drug-likeness (QED) is 0.381. The molecular weight excluding hydrogens is 473 g/mol. The van der Waals surface area contributed by atoms with Crippen molar-refractivity contribution in [2.75, 3.05) is 0 Å². The van der Waals surface area contributed by atoms with E-state index >= 15 is 0 Å². The van der Waals surface area contributed by atoms with Crippen LogP contribution in [0.4, 0.5) is 0 Å². The summed E-state index contributed by atoms with van der Waals surface area (Å²) in [6, 6.07) is 11.9. The van der Waals surface area contributed by atoms with Crippen LogP contribution in [0.3, 0.4) is 0 Å². The van der Waals surface area contributed by atoms with Crippen LogP contribution in [0, 0.1) is 0 Å². The Hall–Kier alpha value is -2.87. The van der Waals surface area contributed by atoms with Gasteiger partial charge >= 0.3 is 0 Å². The first-order valence-electron chi connectivity index (χ1n) is 9.55. The monoisotopic (exact) mass is 489 g/mol. The lowest BCUT2D eigenvalue weighted by atomic mass is 9.97. The molecule has 0 radical (unpaired) electrons. The number of carbonyl (C=O) groups excluding carboxylic acids is 1. The van der Waals surface area contributed by atoms with E-state index in [1.165, 1.54) is 4.68 Å². The number of amides is 1. The molecule has 2 aromatic carbocycles. The number of hydrogen-bond donors (Lipinski definition) is 1. The number of hydrogen-bond acceptors (Lipinski definition) is 5. The molecule has 4 rings (SSSR count). The fourth-order valence-electron chi connectivity index (χ4n) is 3.12. The molecule has 0 aliphatic rings. The largest absolute Gasteiger partial charge is 0.419 e. The van der Waals surface area contributed by atoms with E-state index in [2.05, 4.69) is 15.3 Å². The Bertz CT molecular complexity index is 1320. The molecule has 0 fully saturated rings. The second-order valence-corrected chi connectivity index (χ2v) is 9.39. The van der Waals surface area contributed by atoms with Crippen molar-refractivity contribution in [3.63, 3.8) is 0 Å². The van der Waals surface area contributed by atoms with E-state index in [0.29, 0.717) is 37.9 Å². The molecular formula is C22H18Cl3N5O2. The van der Waals surface area contributed by atoms with Crippen molar-refractivity contribution in [1.82, 2.24) is 20.0 Å². The van der Waals surface area contributed by atoms with Gasteiger partial charge in [-0.05, 0) is 30.3 Å². The van der Waals surface area contributed by atoms with E-state index in [-0.39, 0.29) is 22.6 Å². The summed E-state index contributed by atoms with van der Waals surface area (Å²) in [4.78, 5) is 12.6. The molecule has 164 valence electrons. The fraction of sp³-hybridized carbons (Fsp3) is 0.182. The summed E-state index contributed by atoms with van der Waals surface area (Å²) in [5.41, 5.74) is 7.22. The molecule has 4 aromatic rings. The van der Waals surface area contributed by atoms with E-state index in [0.717, 1.165) is 0 Å². The van der Waals surface area contributed by atoms with Gasteiger partial charge in [0.15, 0.2) is 5.69 Å². The third kappa shape index (κ3) is 4.11. The van der Waals surface area contributed by atoms with Crippen LogP contribution in [0.1, 0.15) is 37.0 Å². The van der Waals surface area contributed by atoms with Crippen LogP contribution in [0.5, 0.6) is 0 Å². The van der Waals surface area contributed by atoms with Crippen LogP contribution < -0.4 is 5.73 Å². The van der Waals surface area contributed by atoms with Gasteiger partial charge in [0.05, 0.1) is 22.0 Å². The van der Waals surface area contributed by atoms with Gasteiger partial charge in [0, 0.05) is 21.0 Å². The van der Waals surface area contributed by atoms with E-state index in [4.69, 9.17) is 45.0 Å². The molecule has 0 saturated heterocycles. The predicted octanol–water partition coefficient (Wildman–Crippen LogP) is 5.95. The summed E-state index contributed by atoms with van der Waals surface area (Å²) in [5.74, 6) is -0.241. The highest BCUT2D eigenvalue weighted by Gasteiger charge is 2.30. The SMILES string of the molecule is CC(C)(C)c1nnc(-c2nn(-c3ccc(Cl)cc3Cl)c(-c3ccc(Cl)cc3)c2C(N)=O)o1. The lowest BCUT2D eigenvalue weighted by molar-refractivity contribution is 0.100. The highest BCUT2D eigenvalue weighted by atomic mass is 35.5. The van der Waals surface area contributed by atoms with Crippen molar-refractivity contribution in [2.45, 2.75) is 26.2 Å². The Morgan fingerprint density at radius 1 is 1.00 bits per heavy atom. The van der Waals surface area contributed by atoms with Gasteiger partial charge in [0.1, 0.15) is 0 Å². The Kier molecular flexibility index (Phi) is 5.75. The summed E-state index contributed by atoms with van der Waals surface area (Å²) in [6.07, 6.45) is 0. The van der Waals surface area contributed by atoms with Crippen molar-refractivity contribution in [3.8, 4) is 28.5 Å². The number of nitrogens with zero attached hydrogens (tertiary/aromatic N) is 4. The third-order valence-electron chi connectivity index (χ3n) is 4.66. The van der Waals surface area contributed by atoms with Crippen molar-refractivity contribution in [2.24, 2.45) is 5.73 Å². The molecule has 0 bridgehead atoms. The Labute approximate surface area is 199 Å². The number of benzene rings is 2. The van der Waals surface area contributed by atoms with Crippen LogP contribution in [0.25, 0.3) is 28.5 Å². The van der Waals surface area contributed by atoms with Crippen LogP contribution in [-0.2, 0) is 5.41 Å². The normalized spacial score (nSPS) is 11.7. The molecule has 32 heavy (non-hydrogen) atoms. The predicted molar refractivity (Wildman–Crippen MR) is 125 cm³/mol. The highest BCUT2D eigenvalue weighted by Crippen LogP contribution is 2.37. The van der Waals surface area contributed by atoms with E-state index < -0.39 is 5.91 Å². The summed E-state index contributed by atoms with van der Waals surface area (Å²) < 4.78 is 7.36.